The summed E-state index contributed by atoms with van der Waals surface area (Å²) in [4.78, 5) is 46.8. The van der Waals surface area contributed by atoms with Crippen molar-refractivity contribution < 1.29 is 13.7 Å². The van der Waals surface area contributed by atoms with Crippen LogP contribution in [0.15, 0.2) is 75.2 Å². The molecule has 0 saturated heterocycles. The van der Waals surface area contributed by atoms with Crippen molar-refractivity contribution in [3.63, 3.8) is 0 Å². The quantitative estimate of drug-likeness (QED) is 0.343. The molecule has 37 heavy (non-hydrogen) atoms. The monoisotopic (exact) mass is 502 g/mol. The van der Waals surface area contributed by atoms with Crippen molar-refractivity contribution in [1.29, 1.82) is 0 Å². The van der Waals surface area contributed by atoms with E-state index in [1.807, 2.05) is 0 Å². The highest BCUT2D eigenvalue weighted by Crippen LogP contribution is 2.25. The molecule has 2 N–H and O–H groups in total. The third-order valence-electron chi connectivity index (χ3n) is 5.41. The summed E-state index contributed by atoms with van der Waals surface area (Å²) in [6.07, 6.45) is 4.16. The van der Waals surface area contributed by atoms with Crippen molar-refractivity contribution in [2.24, 2.45) is 0 Å². The molecule has 0 aliphatic heterocycles. The van der Waals surface area contributed by atoms with Gasteiger partial charge in [-0.25, -0.2) is 19.2 Å². The number of hydrogen-bond donors (Lipinski definition) is 2. The van der Waals surface area contributed by atoms with Crippen molar-refractivity contribution in [2.75, 3.05) is 5.32 Å². The van der Waals surface area contributed by atoms with Crippen LogP contribution in [-0.2, 0) is 17.9 Å². The first-order chi connectivity index (χ1) is 17.9. The standard InChI is InChI=1S/C24H19FN8O4/c1-14-11-32(24(36)29-23(14)35)13-21(34)27-20-6-8-26-22(28-20)18-10-19(17-7-9-37-31-17)33(30-18)12-15-4-2-3-5-16(15)25/h2-11H,12-13H2,1H3,(H,29,35,36)(H,26,27,28,34). The Bertz CT molecular complexity index is 1700. The van der Waals surface area contributed by atoms with E-state index in [0.717, 1.165) is 4.57 Å². The van der Waals surface area contributed by atoms with Crippen LogP contribution in [0.25, 0.3) is 22.9 Å². The van der Waals surface area contributed by atoms with Gasteiger partial charge in [-0.05, 0) is 25.1 Å². The van der Waals surface area contributed by atoms with Crippen LogP contribution in [-0.4, -0.2) is 40.4 Å². The lowest BCUT2D eigenvalue weighted by Gasteiger charge is -2.08. The van der Waals surface area contributed by atoms with Crippen LogP contribution in [0.5, 0.6) is 0 Å². The van der Waals surface area contributed by atoms with Gasteiger partial charge in [0.15, 0.2) is 5.82 Å². The smallest absolute Gasteiger partial charge is 0.328 e. The van der Waals surface area contributed by atoms with E-state index in [-0.39, 0.29) is 30.5 Å². The minimum Gasteiger partial charge on any atom is -0.364 e. The Kier molecular flexibility index (Phi) is 6.24. The topological polar surface area (TPSA) is 154 Å². The zero-order chi connectivity index (χ0) is 25.9. The number of carbonyl (C=O) groups is 1. The Morgan fingerprint density at radius 1 is 1.16 bits per heavy atom. The molecule has 12 nitrogen and oxygen atoms in total. The van der Waals surface area contributed by atoms with Gasteiger partial charge in [0.25, 0.3) is 5.56 Å². The van der Waals surface area contributed by atoms with Crippen molar-refractivity contribution in [3.8, 4) is 22.9 Å². The van der Waals surface area contributed by atoms with E-state index < -0.39 is 17.2 Å². The number of anilines is 1. The first-order valence-corrected chi connectivity index (χ1v) is 11.0. The molecule has 0 fully saturated rings. The lowest BCUT2D eigenvalue weighted by molar-refractivity contribution is -0.116. The van der Waals surface area contributed by atoms with Gasteiger partial charge in [-0.1, -0.05) is 23.4 Å². The molecular weight excluding hydrogens is 483 g/mol. The molecule has 0 atom stereocenters. The van der Waals surface area contributed by atoms with E-state index in [4.69, 9.17) is 4.52 Å². The molecule has 1 aromatic carbocycles. The average Bonchev–Trinajstić information content (AvgIpc) is 3.54. The number of aryl methyl sites for hydroxylation is 1. The van der Waals surface area contributed by atoms with E-state index in [0.29, 0.717) is 28.2 Å². The number of rotatable bonds is 7. The molecule has 186 valence electrons. The Hall–Kier alpha value is -5.20. The summed E-state index contributed by atoms with van der Waals surface area (Å²) in [7, 11) is 0. The van der Waals surface area contributed by atoms with Gasteiger partial charge < -0.3 is 9.84 Å². The Labute approximate surface area is 207 Å². The number of aromatic nitrogens is 7. The lowest BCUT2D eigenvalue weighted by atomic mass is 10.2. The number of hydrogen-bond acceptors (Lipinski definition) is 8. The maximum atomic E-state index is 14.3. The summed E-state index contributed by atoms with van der Waals surface area (Å²) in [5.41, 5.74) is 0.913. The highest BCUT2D eigenvalue weighted by Gasteiger charge is 2.17. The second-order valence-corrected chi connectivity index (χ2v) is 8.06. The van der Waals surface area contributed by atoms with Crippen molar-refractivity contribution >= 4 is 11.7 Å². The molecule has 0 spiro atoms. The van der Waals surface area contributed by atoms with E-state index in [1.54, 1.807) is 35.0 Å². The molecule has 0 aliphatic carbocycles. The summed E-state index contributed by atoms with van der Waals surface area (Å²) in [6, 6.07) is 11.2. The van der Waals surface area contributed by atoms with Gasteiger partial charge in [-0.3, -0.25) is 23.8 Å². The van der Waals surface area contributed by atoms with Crippen LogP contribution >= 0.6 is 0 Å². The molecule has 0 radical (unpaired) electrons. The highest BCUT2D eigenvalue weighted by molar-refractivity contribution is 5.89. The number of H-pyrrole nitrogens is 1. The van der Waals surface area contributed by atoms with Crippen molar-refractivity contribution in [3.05, 3.63) is 98.9 Å². The number of carbonyl (C=O) groups excluding carboxylic acids is 1. The van der Waals surface area contributed by atoms with Crippen molar-refractivity contribution in [2.45, 2.75) is 20.0 Å². The summed E-state index contributed by atoms with van der Waals surface area (Å²) in [6.45, 7) is 1.32. The fourth-order valence-electron chi connectivity index (χ4n) is 3.61. The van der Waals surface area contributed by atoms with E-state index >= 15 is 0 Å². The fraction of sp³-hybridized carbons (Fsp3) is 0.125. The first kappa shape index (κ1) is 23.5. The molecule has 4 heterocycles. The molecule has 5 aromatic rings. The van der Waals surface area contributed by atoms with Gasteiger partial charge in [0.05, 0.1) is 12.2 Å². The molecule has 0 saturated carbocycles. The molecule has 0 aliphatic rings. The van der Waals surface area contributed by atoms with Gasteiger partial charge in [0.2, 0.25) is 5.91 Å². The van der Waals surface area contributed by atoms with E-state index in [2.05, 4.69) is 30.5 Å². The number of nitrogens with one attached hydrogen (secondary N) is 2. The number of amides is 1. The third-order valence-corrected chi connectivity index (χ3v) is 5.41. The zero-order valence-corrected chi connectivity index (χ0v) is 19.4. The number of aromatic amines is 1. The van der Waals surface area contributed by atoms with Crippen LogP contribution in [0.4, 0.5) is 10.2 Å². The Morgan fingerprint density at radius 3 is 2.78 bits per heavy atom. The van der Waals surface area contributed by atoms with Crippen LogP contribution < -0.4 is 16.6 Å². The molecule has 4 aromatic heterocycles. The predicted octanol–water partition coefficient (Wildman–Crippen LogP) is 1.98. The Morgan fingerprint density at radius 2 is 2.00 bits per heavy atom. The molecule has 13 heteroatoms. The Balaban J connectivity index is 1.41. The third kappa shape index (κ3) is 5.10. The second kappa shape index (κ2) is 9.81. The second-order valence-electron chi connectivity index (χ2n) is 8.06. The van der Waals surface area contributed by atoms with Crippen LogP contribution in [0.3, 0.4) is 0 Å². The minimum absolute atomic E-state index is 0.124. The maximum absolute atomic E-state index is 14.3. The lowest BCUT2D eigenvalue weighted by Crippen LogP contribution is -2.34. The largest absolute Gasteiger partial charge is 0.364 e. The first-order valence-electron chi connectivity index (χ1n) is 11.0. The molecular formula is C24H19FN8O4. The number of benzene rings is 1. The van der Waals surface area contributed by atoms with Crippen LogP contribution in [0.2, 0.25) is 0 Å². The van der Waals surface area contributed by atoms with E-state index in [9.17, 15) is 18.8 Å². The molecule has 0 bridgehead atoms. The van der Waals surface area contributed by atoms with Gasteiger partial charge in [-0.2, -0.15) is 5.10 Å². The summed E-state index contributed by atoms with van der Waals surface area (Å²) in [5.74, 6) is -0.530. The SMILES string of the molecule is Cc1cn(CC(=O)Nc2ccnc(-c3cc(-c4ccon4)n(Cc4ccccc4F)n3)n2)c(=O)[nH]c1=O. The summed E-state index contributed by atoms with van der Waals surface area (Å²) < 4.78 is 21.9. The molecule has 0 unspecified atom stereocenters. The van der Waals surface area contributed by atoms with Crippen LogP contribution in [0.1, 0.15) is 11.1 Å². The number of nitrogens with zero attached hydrogens (tertiary/aromatic N) is 6. The number of halogens is 1. The minimum atomic E-state index is -0.699. The summed E-state index contributed by atoms with van der Waals surface area (Å²) >= 11 is 0. The molecule has 1 amide bonds. The average molecular weight is 502 g/mol. The van der Waals surface area contributed by atoms with E-state index in [1.165, 1.54) is 37.7 Å². The van der Waals surface area contributed by atoms with Gasteiger partial charge >= 0.3 is 5.69 Å². The zero-order valence-electron chi connectivity index (χ0n) is 19.4. The fourth-order valence-corrected chi connectivity index (χ4v) is 3.61. The van der Waals surface area contributed by atoms with Crippen molar-refractivity contribution in [1.82, 2.24) is 34.5 Å². The maximum Gasteiger partial charge on any atom is 0.328 e. The van der Waals surface area contributed by atoms with Gasteiger partial charge in [0, 0.05) is 29.6 Å². The predicted molar refractivity (Wildman–Crippen MR) is 129 cm³/mol. The molecule has 5 rings (SSSR count). The highest BCUT2D eigenvalue weighted by atomic mass is 19.1. The van der Waals surface area contributed by atoms with Gasteiger partial charge in [-0.15, -0.1) is 0 Å². The van der Waals surface area contributed by atoms with Gasteiger partial charge in [0.1, 0.15) is 35.8 Å². The normalized spacial score (nSPS) is 11.0. The summed E-state index contributed by atoms with van der Waals surface area (Å²) in [5, 5.41) is 11.1. The van der Waals surface area contributed by atoms with Crippen LogP contribution in [0, 0.1) is 12.7 Å².